The number of nitrogens with one attached hydrogen (secondary N) is 1. The lowest BCUT2D eigenvalue weighted by molar-refractivity contribution is 0.0943. The number of nitrogens with two attached hydrogens (primary N) is 1. The SMILES string of the molecule is Cc1sc(C(=O)NC2CCCSC2)cc1N. The number of carbonyl (C=O) groups excluding carboxylic acids is 1. The van der Waals surface area contributed by atoms with Gasteiger partial charge < -0.3 is 11.1 Å². The molecule has 1 aliphatic rings. The van der Waals surface area contributed by atoms with Crippen molar-refractivity contribution >= 4 is 34.7 Å². The van der Waals surface area contributed by atoms with Gasteiger partial charge >= 0.3 is 0 Å². The molecule has 0 bridgehead atoms. The van der Waals surface area contributed by atoms with Crippen LogP contribution in [0.15, 0.2) is 6.07 Å². The fourth-order valence-electron chi connectivity index (χ4n) is 1.72. The summed E-state index contributed by atoms with van der Waals surface area (Å²) in [6.45, 7) is 1.94. The molecule has 5 heteroatoms. The monoisotopic (exact) mass is 256 g/mol. The summed E-state index contributed by atoms with van der Waals surface area (Å²) in [6, 6.07) is 2.10. The Balaban J connectivity index is 1.96. The van der Waals surface area contributed by atoms with Crippen molar-refractivity contribution in [3.05, 3.63) is 15.8 Å². The number of carbonyl (C=O) groups is 1. The van der Waals surface area contributed by atoms with Gasteiger partial charge in [-0.3, -0.25) is 4.79 Å². The van der Waals surface area contributed by atoms with Gasteiger partial charge in [0.15, 0.2) is 0 Å². The number of amides is 1. The summed E-state index contributed by atoms with van der Waals surface area (Å²) in [4.78, 5) is 13.7. The van der Waals surface area contributed by atoms with E-state index in [9.17, 15) is 4.79 Å². The molecule has 1 atom stereocenters. The quantitative estimate of drug-likeness (QED) is 0.853. The Labute approximate surface area is 104 Å². The molecule has 1 saturated heterocycles. The molecular formula is C11H16N2OS2. The molecule has 1 aliphatic heterocycles. The lowest BCUT2D eigenvalue weighted by Crippen LogP contribution is -2.37. The van der Waals surface area contributed by atoms with Gasteiger partial charge in [-0.2, -0.15) is 11.8 Å². The lowest BCUT2D eigenvalue weighted by atomic mass is 10.2. The van der Waals surface area contributed by atoms with Gasteiger partial charge in [0.05, 0.1) is 4.88 Å². The molecule has 0 saturated carbocycles. The van der Waals surface area contributed by atoms with Crippen LogP contribution in [0.5, 0.6) is 0 Å². The van der Waals surface area contributed by atoms with Crippen LogP contribution in [-0.4, -0.2) is 23.5 Å². The van der Waals surface area contributed by atoms with E-state index in [-0.39, 0.29) is 5.91 Å². The minimum Gasteiger partial charge on any atom is -0.398 e. The summed E-state index contributed by atoms with van der Waals surface area (Å²) in [7, 11) is 0. The third-order valence-corrected chi connectivity index (χ3v) is 4.96. The molecule has 0 spiro atoms. The maximum absolute atomic E-state index is 11.9. The Morgan fingerprint density at radius 2 is 2.44 bits per heavy atom. The minimum atomic E-state index is 0.0253. The zero-order valence-corrected chi connectivity index (χ0v) is 10.9. The van der Waals surface area contributed by atoms with Crippen LogP contribution in [0.1, 0.15) is 27.4 Å². The predicted octanol–water partition coefficient (Wildman–Crippen LogP) is 2.26. The Kier molecular flexibility index (Phi) is 3.76. The molecular weight excluding hydrogens is 240 g/mol. The van der Waals surface area contributed by atoms with Gasteiger partial charge in [-0.05, 0) is 31.6 Å². The standard InChI is InChI=1S/C11H16N2OS2/c1-7-9(12)5-10(16-7)11(14)13-8-3-2-4-15-6-8/h5,8H,2-4,6,12H2,1H3,(H,13,14). The van der Waals surface area contributed by atoms with Crippen molar-refractivity contribution in [3.63, 3.8) is 0 Å². The largest absolute Gasteiger partial charge is 0.398 e. The van der Waals surface area contributed by atoms with E-state index in [0.29, 0.717) is 11.7 Å². The predicted molar refractivity (Wildman–Crippen MR) is 71.3 cm³/mol. The molecule has 1 fully saturated rings. The highest BCUT2D eigenvalue weighted by molar-refractivity contribution is 7.99. The molecule has 0 radical (unpaired) electrons. The highest BCUT2D eigenvalue weighted by Crippen LogP contribution is 2.24. The summed E-state index contributed by atoms with van der Waals surface area (Å²) in [6.07, 6.45) is 2.29. The van der Waals surface area contributed by atoms with E-state index < -0.39 is 0 Å². The molecule has 3 nitrogen and oxygen atoms in total. The van der Waals surface area contributed by atoms with Crippen LogP contribution in [0.3, 0.4) is 0 Å². The molecule has 1 unspecified atom stereocenters. The average Bonchev–Trinajstić information content (AvgIpc) is 2.61. The normalized spacial score (nSPS) is 20.7. The number of aryl methyl sites for hydroxylation is 1. The number of rotatable bonds is 2. The summed E-state index contributed by atoms with van der Waals surface area (Å²) >= 11 is 3.38. The van der Waals surface area contributed by atoms with Crippen LogP contribution in [0.2, 0.25) is 0 Å². The number of thiophene rings is 1. The first kappa shape index (κ1) is 11.8. The molecule has 1 amide bonds. The Morgan fingerprint density at radius 3 is 3.00 bits per heavy atom. The number of thioether (sulfide) groups is 1. The first-order chi connectivity index (χ1) is 7.66. The van der Waals surface area contributed by atoms with Crippen LogP contribution < -0.4 is 11.1 Å². The minimum absolute atomic E-state index is 0.0253. The average molecular weight is 256 g/mol. The van der Waals surface area contributed by atoms with Crippen LogP contribution in [0.25, 0.3) is 0 Å². The Morgan fingerprint density at radius 1 is 1.62 bits per heavy atom. The molecule has 3 N–H and O–H groups in total. The van der Waals surface area contributed by atoms with E-state index in [4.69, 9.17) is 5.73 Å². The van der Waals surface area contributed by atoms with Gasteiger partial charge in [0.25, 0.3) is 5.91 Å². The second kappa shape index (κ2) is 5.10. The number of nitrogen functional groups attached to an aromatic ring is 1. The number of anilines is 1. The van der Waals surface area contributed by atoms with Crippen molar-refractivity contribution in [1.29, 1.82) is 0 Å². The molecule has 2 rings (SSSR count). The number of hydrogen-bond donors (Lipinski definition) is 2. The topological polar surface area (TPSA) is 55.1 Å². The molecule has 0 aromatic carbocycles. The fourth-order valence-corrected chi connectivity index (χ4v) is 3.64. The van der Waals surface area contributed by atoms with Crippen LogP contribution in [-0.2, 0) is 0 Å². The highest BCUT2D eigenvalue weighted by atomic mass is 32.2. The fraction of sp³-hybridized carbons (Fsp3) is 0.545. The molecule has 16 heavy (non-hydrogen) atoms. The third kappa shape index (κ3) is 2.71. The first-order valence-electron chi connectivity index (χ1n) is 5.41. The molecule has 2 heterocycles. The van der Waals surface area contributed by atoms with Gasteiger partial charge in [0.2, 0.25) is 0 Å². The first-order valence-corrected chi connectivity index (χ1v) is 7.38. The molecule has 0 aliphatic carbocycles. The van der Waals surface area contributed by atoms with Gasteiger partial charge in [-0.25, -0.2) is 0 Å². The van der Waals surface area contributed by atoms with Crippen LogP contribution in [0.4, 0.5) is 5.69 Å². The second-order valence-corrected chi connectivity index (χ2v) is 6.42. The number of hydrogen-bond acceptors (Lipinski definition) is 4. The van der Waals surface area contributed by atoms with E-state index in [2.05, 4.69) is 5.32 Å². The van der Waals surface area contributed by atoms with Gasteiger partial charge in [0.1, 0.15) is 0 Å². The Bertz CT molecular complexity index is 364. The van der Waals surface area contributed by atoms with E-state index in [1.165, 1.54) is 23.5 Å². The zero-order chi connectivity index (χ0) is 11.5. The van der Waals surface area contributed by atoms with E-state index in [1.54, 1.807) is 6.07 Å². The van der Waals surface area contributed by atoms with Crippen molar-refractivity contribution in [2.75, 3.05) is 17.2 Å². The van der Waals surface area contributed by atoms with Crippen molar-refractivity contribution in [3.8, 4) is 0 Å². The summed E-state index contributed by atoms with van der Waals surface area (Å²) in [5.74, 6) is 2.28. The highest BCUT2D eigenvalue weighted by Gasteiger charge is 2.18. The Hall–Kier alpha value is -0.680. The molecule has 1 aromatic heterocycles. The molecule has 1 aromatic rings. The van der Waals surface area contributed by atoms with Crippen molar-refractivity contribution in [2.45, 2.75) is 25.8 Å². The second-order valence-electron chi connectivity index (χ2n) is 4.01. The van der Waals surface area contributed by atoms with E-state index >= 15 is 0 Å². The zero-order valence-electron chi connectivity index (χ0n) is 9.29. The summed E-state index contributed by atoms with van der Waals surface area (Å²) in [5, 5.41) is 3.07. The van der Waals surface area contributed by atoms with Crippen molar-refractivity contribution in [1.82, 2.24) is 5.32 Å². The lowest BCUT2D eigenvalue weighted by Gasteiger charge is -2.22. The van der Waals surface area contributed by atoms with Crippen molar-refractivity contribution < 1.29 is 4.79 Å². The van der Waals surface area contributed by atoms with Crippen LogP contribution in [0, 0.1) is 6.92 Å². The van der Waals surface area contributed by atoms with Gasteiger partial charge in [-0.1, -0.05) is 0 Å². The van der Waals surface area contributed by atoms with Gasteiger partial charge in [0, 0.05) is 22.4 Å². The maximum atomic E-state index is 11.9. The third-order valence-electron chi connectivity index (χ3n) is 2.68. The molecule has 88 valence electrons. The smallest absolute Gasteiger partial charge is 0.261 e. The van der Waals surface area contributed by atoms with Gasteiger partial charge in [-0.15, -0.1) is 11.3 Å². The summed E-state index contributed by atoms with van der Waals surface area (Å²) < 4.78 is 0. The van der Waals surface area contributed by atoms with Crippen LogP contribution >= 0.6 is 23.1 Å². The van der Waals surface area contributed by atoms with E-state index in [0.717, 1.165) is 21.9 Å². The maximum Gasteiger partial charge on any atom is 0.261 e. The van der Waals surface area contributed by atoms with E-state index in [1.807, 2.05) is 18.7 Å². The summed E-state index contributed by atoms with van der Waals surface area (Å²) in [5.41, 5.74) is 6.45. The van der Waals surface area contributed by atoms with Crippen molar-refractivity contribution in [2.24, 2.45) is 0 Å².